The molecule has 1 aromatic carbocycles. The lowest BCUT2D eigenvalue weighted by molar-refractivity contribution is -0.122. The van der Waals surface area contributed by atoms with E-state index in [0.717, 1.165) is 32.7 Å². The molecule has 4 nitrogen and oxygen atoms in total. The number of carbonyl (C=O) groups is 1. The first-order valence-electron chi connectivity index (χ1n) is 8.85. The summed E-state index contributed by atoms with van der Waals surface area (Å²) in [4.78, 5) is 14.3. The average Bonchev–Trinajstić information content (AvgIpc) is 2.56. The Kier molecular flexibility index (Phi) is 13.0. The van der Waals surface area contributed by atoms with Crippen molar-refractivity contribution in [3.8, 4) is 0 Å². The fourth-order valence-electron chi connectivity index (χ4n) is 3.26. The highest BCUT2D eigenvalue weighted by atomic mass is 35.5. The van der Waals surface area contributed by atoms with Crippen molar-refractivity contribution in [2.75, 3.05) is 33.2 Å². The number of hydrogen-bond donors (Lipinski definition) is 2. The summed E-state index contributed by atoms with van der Waals surface area (Å²) in [5.74, 6) is 1.30. The molecule has 2 rings (SSSR count). The first-order chi connectivity index (χ1) is 11.1. The zero-order valence-electron chi connectivity index (χ0n) is 15.4. The van der Waals surface area contributed by atoms with Gasteiger partial charge in [-0.15, -0.1) is 24.8 Å². The number of nitrogens with zero attached hydrogens (tertiary/aromatic N) is 1. The normalized spacial score (nSPS) is 18.0. The standard InChI is InChI=1S/C19H31N3O.2ClH/c1-16(18-9-6-10-20-14-18)13-19(23)21-11-12-22(2)15-17-7-4-3-5-8-17;;/h3-5,7-8,16,18,20H,6,9-15H2,1-2H3,(H,21,23);2*1H. The molecule has 2 atom stereocenters. The maximum Gasteiger partial charge on any atom is 0.220 e. The molecule has 0 aliphatic carbocycles. The molecule has 0 radical (unpaired) electrons. The van der Waals surface area contributed by atoms with Crippen LogP contribution < -0.4 is 10.6 Å². The summed E-state index contributed by atoms with van der Waals surface area (Å²) < 4.78 is 0. The molecule has 0 bridgehead atoms. The van der Waals surface area contributed by atoms with E-state index in [1.807, 2.05) is 6.07 Å². The van der Waals surface area contributed by atoms with E-state index in [4.69, 9.17) is 0 Å². The molecule has 0 saturated carbocycles. The Morgan fingerprint density at radius 1 is 1.32 bits per heavy atom. The van der Waals surface area contributed by atoms with E-state index in [0.29, 0.717) is 18.3 Å². The summed E-state index contributed by atoms with van der Waals surface area (Å²) in [5, 5.41) is 6.50. The molecule has 1 saturated heterocycles. The van der Waals surface area contributed by atoms with Crippen molar-refractivity contribution in [1.82, 2.24) is 15.5 Å². The van der Waals surface area contributed by atoms with Gasteiger partial charge in [0.1, 0.15) is 0 Å². The lowest BCUT2D eigenvalue weighted by atomic mass is 9.85. The van der Waals surface area contributed by atoms with Crippen LogP contribution in [0.4, 0.5) is 0 Å². The SMILES string of the molecule is CC(CC(=O)NCCN(C)Cc1ccccc1)C1CCCNC1.Cl.Cl. The fourth-order valence-corrected chi connectivity index (χ4v) is 3.26. The lowest BCUT2D eigenvalue weighted by Crippen LogP contribution is -2.37. The van der Waals surface area contributed by atoms with Crippen molar-refractivity contribution in [1.29, 1.82) is 0 Å². The Hall–Kier alpha value is -0.810. The molecule has 0 aromatic heterocycles. The number of rotatable bonds is 8. The first-order valence-corrected chi connectivity index (χ1v) is 8.85. The highest BCUT2D eigenvalue weighted by molar-refractivity contribution is 5.85. The van der Waals surface area contributed by atoms with E-state index in [9.17, 15) is 4.79 Å². The second kappa shape index (κ2) is 13.4. The molecule has 0 spiro atoms. The number of benzene rings is 1. The van der Waals surface area contributed by atoms with Crippen LogP contribution in [0.25, 0.3) is 0 Å². The summed E-state index contributed by atoms with van der Waals surface area (Å²) in [6, 6.07) is 10.4. The second-order valence-corrected chi connectivity index (χ2v) is 6.86. The summed E-state index contributed by atoms with van der Waals surface area (Å²) in [5.41, 5.74) is 1.31. The van der Waals surface area contributed by atoms with Gasteiger partial charge in [0.25, 0.3) is 0 Å². The summed E-state index contributed by atoms with van der Waals surface area (Å²) in [6.07, 6.45) is 3.14. The number of hydrogen-bond acceptors (Lipinski definition) is 3. The van der Waals surface area contributed by atoms with Crippen LogP contribution in [-0.4, -0.2) is 44.0 Å². The van der Waals surface area contributed by atoms with Gasteiger partial charge in [0.05, 0.1) is 0 Å². The van der Waals surface area contributed by atoms with Crippen molar-refractivity contribution in [3.05, 3.63) is 35.9 Å². The van der Waals surface area contributed by atoms with E-state index in [2.05, 4.69) is 53.8 Å². The van der Waals surface area contributed by atoms with Gasteiger partial charge in [-0.2, -0.15) is 0 Å². The topological polar surface area (TPSA) is 44.4 Å². The molecule has 1 aliphatic rings. The van der Waals surface area contributed by atoms with Gasteiger partial charge in [0, 0.05) is 26.1 Å². The number of amides is 1. The monoisotopic (exact) mass is 389 g/mol. The summed E-state index contributed by atoms with van der Waals surface area (Å²) in [7, 11) is 2.09. The van der Waals surface area contributed by atoms with Gasteiger partial charge in [-0.25, -0.2) is 0 Å². The first kappa shape index (κ1) is 24.2. The van der Waals surface area contributed by atoms with E-state index in [1.165, 1.54) is 18.4 Å². The Bertz CT molecular complexity index is 467. The molecular formula is C19H33Cl2N3O. The molecule has 2 N–H and O–H groups in total. The smallest absolute Gasteiger partial charge is 0.220 e. The van der Waals surface area contributed by atoms with Crippen LogP contribution in [-0.2, 0) is 11.3 Å². The van der Waals surface area contributed by atoms with Crippen LogP contribution in [0.5, 0.6) is 0 Å². The number of halogens is 2. The van der Waals surface area contributed by atoms with Gasteiger partial charge in [0.2, 0.25) is 5.91 Å². The zero-order valence-corrected chi connectivity index (χ0v) is 17.0. The summed E-state index contributed by atoms with van der Waals surface area (Å²) >= 11 is 0. The molecule has 1 fully saturated rings. The van der Waals surface area contributed by atoms with Gasteiger partial charge < -0.3 is 15.5 Å². The van der Waals surface area contributed by atoms with Crippen LogP contribution >= 0.6 is 24.8 Å². The highest BCUT2D eigenvalue weighted by Gasteiger charge is 2.21. The largest absolute Gasteiger partial charge is 0.355 e. The molecule has 1 aromatic rings. The van der Waals surface area contributed by atoms with Crippen LogP contribution in [0, 0.1) is 11.8 Å². The van der Waals surface area contributed by atoms with Crippen LogP contribution in [0.2, 0.25) is 0 Å². The Morgan fingerprint density at radius 2 is 2.04 bits per heavy atom. The minimum Gasteiger partial charge on any atom is -0.355 e. The number of nitrogens with one attached hydrogen (secondary N) is 2. The van der Waals surface area contributed by atoms with Gasteiger partial charge >= 0.3 is 0 Å². The van der Waals surface area contributed by atoms with E-state index in [1.54, 1.807) is 0 Å². The van der Waals surface area contributed by atoms with E-state index in [-0.39, 0.29) is 30.7 Å². The predicted octanol–water partition coefficient (Wildman–Crippen LogP) is 3.10. The van der Waals surface area contributed by atoms with E-state index >= 15 is 0 Å². The third kappa shape index (κ3) is 9.45. The molecular weight excluding hydrogens is 357 g/mol. The average molecular weight is 390 g/mol. The molecule has 2 unspecified atom stereocenters. The maximum absolute atomic E-state index is 12.1. The third-order valence-electron chi connectivity index (χ3n) is 4.76. The molecule has 6 heteroatoms. The molecule has 1 amide bonds. The summed E-state index contributed by atoms with van der Waals surface area (Å²) in [6.45, 7) is 6.91. The molecule has 144 valence electrons. The van der Waals surface area contributed by atoms with Crippen LogP contribution in [0.15, 0.2) is 30.3 Å². The zero-order chi connectivity index (χ0) is 16.5. The number of likely N-dealkylation sites (N-methyl/N-ethyl adjacent to an activating group) is 1. The Balaban J connectivity index is 0.00000288. The Morgan fingerprint density at radius 3 is 2.68 bits per heavy atom. The second-order valence-electron chi connectivity index (χ2n) is 6.86. The third-order valence-corrected chi connectivity index (χ3v) is 4.76. The van der Waals surface area contributed by atoms with Crippen LogP contribution in [0.1, 0.15) is 31.7 Å². The minimum atomic E-state index is 0. The quantitative estimate of drug-likeness (QED) is 0.717. The highest BCUT2D eigenvalue weighted by Crippen LogP contribution is 2.22. The Labute approximate surface area is 164 Å². The minimum absolute atomic E-state index is 0. The van der Waals surface area contributed by atoms with Crippen molar-refractivity contribution >= 4 is 30.7 Å². The van der Waals surface area contributed by atoms with E-state index < -0.39 is 0 Å². The van der Waals surface area contributed by atoms with Gasteiger partial charge in [-0.1, -0.05) is 37.3 Å². The molecule has 1 aliphatic heterocycles. The lowest BCUT2D eigenvalue weighted by Gasteiger charge is -2.28. The predicted molar refractivity (Wildman–Crippen MR) is 110 cm³/mol. The van der Waals surface area contributed by atoms with Crippen molar-refractivity contribution in [3.63, 3.8) is 0 Å². The maximum atomic E-state index is 12.1. The van der Waals surface area contributed by atoms with Crippen molar-refractivity contribution in [2.24, 2.45) is 11.8 Å². The number of piperidine rings is 1. The molecule has 1 heterocycles. The van der Waals surface area contributed by atoms with Crippen LogP contribution in [0.3, 0.4) is 0 Å². The van der Waals surface area contributed by atoms with Gasteiger partial charge in [0.15, 0.2) is 0 Å². The van der Waals surface area contributed by atoms with Gasteiger partial charge in [-0.05, 0) is 50.4 Å². The number of carbonyl (C=O) groups excluding carboxylic acids is 1. The fraction of sp³-hybridized carbons (Fsp3) is 0.632. The molecule has 25 heavy (non-hydrogen) atoms. The van der Waals surface area contributed by atoms with Crippen molar-refractivity contribution < 1.29 is 4.79 Å². The van der Waals surface area contributed by atoms with Gasteiger partial charge in [-0.3, -0.25) is 4.79 Å². The van der Waals surface area contributed by atoms with Crippen molar-refractivity contribution in [2.45, 2.75) is 32.7 Å².